The van der Waals surface area contributed by atoms with Gasteiger partial charge in [-0.2, -0.15) is 0 Å². The highest BCUT2D eigenvalue weighted by atomic mass is 19.1. The molecule has 1 aromatic rings. The van der Waals surface area contributed by atoms with Crippen LogP contribution >= 0.6 is 0 Å². The minimum Gasteiger partial charge on any atom is -0.433 e. The zero-order valence-electron chi connectivity index (χ0n) is 10.7. The number of halogens is 2. The summed E-state index contributed by atoms with van der Waals surface area (Å²) in [4.78, 5) is 3.89. The van der Waals surface area contributed by atoms with Gasteiger partial charge in [-0.25, -0.2) is 13.8 Å². The highest BCUT2D eigenvalue weighted by molar-refractivity contribution is 5.90. The lowest BCUT2D eigenvalue weighted by molar-refractivity contribution is 0.449. The fourth-order valence-electron chi connectivity index (χ4n) is 1.18. The van der Waals surface area contributed by atoms with Gasteiger partial charge in [0.25, 0.3) is 0 Å². The number of rotatable bonds is 4. The highest BCUT2D eigenvalue weighted by Crippen LogP contribution is 2.21. The number of hydrazine groups is 1. The number of benzene rings is 1. The number of allylic oxidation sites excluding steroid dienone is 1. The Labute approximate surface area is 110 Å². The summed E-state index contributed by atoms with van der Waals surface area (Å²) in [6.07, 6.45) is 4.21. The molecule has 0 saturated heterocycles. The number of nitrogens with one attached hydrogen (secondary N) is 1. The van der Waals surface area contributed by atoms with Gasteiger partial charge in [-0.1, -0.05) is 11.6 Å². The van der Waals surface area contributed by atoms with Crippen molar-refractivity contribution in [3.05, 3.63) is 53.9 Å². The summed E-state index contributed by atoms with van der Waals surface area (Å²) >= 11 is 0. The fraction of sp³-hybridized carbons (Fsp3) is 0.154. The molecule has 0 spiro atoms. The third-order valence-electron chi connectivity index (χ3n) is 1.91. The van der Waals surface area contributed by atoms with Crippen molar-refractivity contribution in [3.8, 4) is 5.75 Å². The molecule has 0 unspecified atom stereocenters. The minimum absolute atomic E-state index is 0.0514. The van der Waals surface area contributed by atoms with Crippen molar-refractivity contribution in [3.63, 3.8) is 0 Å². The maximum atomic E-state index is 13.4. The van der Waals surface area contributed by atoms with E-state index in [9.17, 15) is 8.78 Å². The number of ether oxygens (including phenoxy) is 1. The van der Waals surface area contributed by atoms with Gasteiger partial charge in [0.2, 0.25) is 11.6 Å². The Kier molecular flexibility index (Phi) is 5.69. The highest BCUT2D eigenvalue weighted by Gasteiger charge is 2.11. The van der Waals surface area contributed by atoms with Crippen LogP contribution in [0.1, 0.15) is 13.8 Å². The Bertz CT molecular complexity index is 500. The number of hydrogen-bond acceptors (Lipinski definition) is 4. The Morgan fingerprint density at radius 3 is 2.47 bits per heavy atom. The van der Waals surface area contributed by atoms with Gasteiger partial charge in [-0.15, -0.1) is 0 Å². The molecule has 0 aliphatic heterocycles. The van der Waals surface area contributed by atoms with E-state index in [0.717, 1.165) is 17.7 Å². The first-order chi connectivity index (χ1) is 9.04. The molecule has 3 N–H and O–H groups in total. The van der Waals surface area contributed by atoms with Crippen molar-refractivity contribution < 1.29 is 13.5 Å². The summed E-state index contributed by atoms with van der Waals surface area (Å²) in [7, 11) is 0. The second kappa shape index (κ2) is 7.27. The molecular weight excluding hydrogens is 252 g/mol. The van der Waals surface area contributed by atoms with E-state index in [2.05, 4.69) is 10.4 Å². The number of para-hydroxylation sites is 1. The van der Waals surface area contributed by atoms with E-state index in [0.29, 0.717) is 0 Å². The van der Waals surface area contributed by atoms with Gasteiger partial charge in [0, 0.05) is 12.4 Å². The van der Waals surface area contributed by atoms with Gasteiger partial charge in [-0.3, -0.25) is 5.84 Å². The first-order valence-corrected chi connectivity index (χ1v) is 5.50. The maximum absolute atomic E-state index is 13.4. The van der Waals surface area contributed by atoms with Crippen molar-refractivity contribution >= 4 is 5.90 Å². The molecule has 0 heterocycles. The van der Waals surface area contributed by atoms with E-state index in [1.807, 2.05) is 13.8 Å². The van der Waals surface area contributed by atoms with Gasteiger partial charge in [0.05, 0.1) is 0 Å². The lowest BCUT2D eigenvalue weighted by atomic mass is 10.3. The van der Waals surface area contributed by atoms with E-state index in [1.165, 1.54) is 18.5 Å². The second-order valence-corrected chi connectivity index (χ2v) is 3.82. The van der Waals surface area contributed by atoms with Crippen LogP contribution in [0, 0.1) is 11.6 Å². The summed E-state index contributed by atoms with van der Waals surface area (Å²) in [6.45, 7) is 3.61. The fourth-order valence-corrected chi connectivity index (χ4v) is 1.18. The molecule has 0 fully saturated rings. The molecule has 0 aliphatic rings. The summed E-state index contributed by atoms with van der Waals surface area (Å²) in [5.74, 6) is 3.00. The van der Waals surface area contributed by atoms with E-state index in [4.69, 9.17) is 10.6 Å². The van der Waals surface area contributed by atoms with Gasteiger partial charge in [-0.05, 0) is 32.1 Å². The molecule has 6 heteroatoms. The van der Waals surface area contributed by atoms with Crippen molar-refractivity contribution in [2.24, 2.45) is 10.8 Å². The Morgan fingerprint density at radius 1 is 1.32 bits per heavy atom. The SMILES string of the molecule is CC(C)=CC(=N/C=C/NN)Oc1c(F)cccc1F. The van der Waals surface area contributed by atoms with Gasteiger partial charge < -0.3 is 10.2 Å². The molecular formula is C13H15F2N3O. The molecule has 0 aromatic heterocycles. The van der Waals surface area contributed by atoms with Crippen LogP contribution in [0.4, 0.5) is 8.78 Å². The van der Waals surface area contributed by atoms with Crippen LogP contribution in [0.15, 0.2) is 47.2 Å². The van der Waals surface area contributed by atoms with Crippen molar-refractivity contribution in [1.82, 2.24) is 5.43 Å². The van der Waals surface area contributed by atoms with Crippen LogP contribution in [-0.4, -0.2) is 5.90 Å². The van der Waals surface area contributed by atoms with Gasteiger partial charge >= 0.3 is 0 Å². The first-order valence-electron chi connectivity index (χ1n) is 5.50. The third kappa shape index (κ3) is 4.89. The smallest absolute Gasteiger partial charge is 0.219 e. The second-order valence-electron chi connectivity index (χ2n) is 3.82. The standard InChI is InChI=1S/C13H15F2N3O/c1-9(2)8-12(17-6-7-18-16)19-13-10(14)4-3-5-11(13)15/h3-8,18H,16H2,1-2H3/b7-6+,17-12?. The monoisotopic (exact) mass is 267 g/mol. The first kappa shape index (κ1) is 14.8. The molecule has 0 atom stereocenters. The average molecular weight is 267 g/mol. The van der Waals surface area contributed by atoms with E-state index in [-0.39, 0.29) is 5.90 Å². The third-order valence-corrected chi connectivity index (χ3v) is 1.91. The van der Waals surface area contributed by atoms with Crippen LogP contribution in [0.25, 0.3) is 0 Å². The topological polar surface area (TPSA) is 59.6 Å². The van der Waals surface area contributed by atoms with Gasteiger partial charge in [0.15, 0.2) is 11.6 Å². The molecule has 1 rings (SSSR count). The number of aliphatic imine (C=N–C) groups is 1. The van der Waals surface area contributed by atoms with E-state index in [1.54, 1.807) is 6.08 Å². The molecule has 0 radical (unpaired) electrons. The van der Waals surface area contributed by atoms with Crippen molar-refractivity contribution in [1.29, 1.82) is 0 Å². The van der Waals surface area contributed by atoms with Crippen LogP contribution in [0.3, 0.4) is 0 Å². The molecule has 19 heavy (non-hydrogen) atoms. The molecule has 1 aromatic carbocycles. The average Bonchev–Trinajstić information content (AvgIpc) is 2.33. The van der Waals surface area contributed by atoms with E-state index < -0.39 is 17.4 Å². The van der Waals surface area contributed by atoms with Crippen LogP contribution in [0.2, 0.25) is 0 Å². The van der Waals surface area contributed by atoms with Crippen LogP contribution in [-0.2, 0) is 0 Å². The minimum atomic E-state index is -0.796. The summed E-state index contributed by atoms with van der Waals surface area (Å²) in [6, 6.07) is 3.47. The quantitative estimate of drug-likeness (QED) is 0.381. The summed E-state index contributed by atoms with van der Waals surface area (Å²) in [5.41, 5.74) is 3.12. The van der Waals surface area contributed by atoms with Crippen LogP contribution < -0.4 is 16.0 Å². The van der Waals surface area contributed by atoms with Crippen LogP contribution in [0.5, 0.6) is 5.75 Å². The zero-order valence-corrected chi connectivity index (χ0v) is 10.7. The number of nitrogens with two attached hydrogens (primary N) is 1. The summed E-state index contributed by atoms with van der Waals surface area (Å²) < 4.78 is 32.0. The predicted octanol–water partition coefficient (Wildman–Crippen LogP) is 2.64. The maximum Gasteiger partial charge on any atom is 0.219 e. The zero-order chi connectivity index (χ0) is 14.3. The lowest BCUT2D eigenvalue weighted by Gasteiger charge is -2.07. The van der Waals surface area contributed by atoms with E-state index >= 15 is 0 Å². The normalized spacial score (nSPS) is 11.5. The molecule has 102 valence electrons. The molecule has 4 nitrogen and oxygen atoms in total. The Balaban J connectivity index is 3.04. The van der Waals surface area contributed by atoms with Crippen molar-refractivity contribution in [2.75, 3.05) is 0 Å². The predicted molar refractivity (Wildman–Crippen MR) is 70.3 cm³/mol. The molecule has 0 saturated carbocycles. The molecule has 0 bridgehead atoms. The van der Waals surface area contributed by atoms with Crippen molar-refractivity contribution in [2.45, 2.75) is 13.8 Å². The number of nitrogens with zero attached hydrogens (tertiary/aromatic N) is 1. The number of hydrogen-bond donors (Lipinski definition) is 2. The lowest BCUT2D eigenvalue weighted by Crippen LogP contribution is -2.13. The Morgan fingerprint density at radius 2 is 1.95 bits per heavy atom. The Hall–Kier alpha value is -2.21. The summed E-state index contributed by atoms with van der Waals surface area (Å²) in [5, 5.41) is 0. The molecule has 0 amide bonds. The largest absolute Gasteiger partial charge is 0.433 e. The molecule has 0 aliphatic carbocycles. The van der Waals surface area contributed by atoms with Gasteiger partial charge in [0.1, 0.15) is 0 Å².